The van der Waals surface area contributed by atoms with Gasteiger partial charge in [-0.05, 0) is 48.7 Å². The molecular formula is C16H14N2O. The van der Waals surface area contributed by atoms with Gasteiger partial charge in [0.25, 0.3) is 0 Å². The standard InChI is InChI=1S/C16H14N2O/c1-2-8-18-14(5-1)11-17-16(18)13-6-7-15-12(10-13)4-3-9-19-15/h1-2,5-8,10-11H,3-4,9H2. The number of pyridine rings is 1. The number of fused-ring (bicyclic) bond motifs is 2. The lowest BCUT2D eigenvalue weighted by Gasteiger charge is -2.17. The van der Waals surface area contributed by atoms with Crippen molar-refractivity contribution < 1.29 is 4.74 Å². The molecule has 3 heteroatoms. The third kappa shape index (κ3) is 1.70. The molecule has 0 bridgehead atoms. The first-order valence-electron chi connectivity index (χ1n) is 6.60. The van der Waals surface area contributed by atoms with Gasteiger partial charge in [0.05, 0.1) is 18.3 Å². The number of aryl methyl sites for hydroxylation is 1. The molecule has 0 atom stereocenters. The molecule has 0 saturated carbocycles. The van der Waals surface area contributed by atoms with Crippen LogP contribution in [0.5, 0.6) is 5.75 Å². The molecule has 0 saturated heterocycles. The Morgan fingerprint density at radius 1 is 1.16 bits per heavy atom. The number of hydrogen-bond donors (Lipinski definition) is 0. The molecule has 19 heavy (non-hydrogen) atoms. The van der Waals surface area contributed by atoms with Gasteiger partial charge in [0.15, 0.2) is 0 Å². The first-order valence-corrected chi connectivity index (χ1v) is 6.60. The van der Waals surface area contributed by atoms with E-state index >= 15 is 0 Å². The average molecular weight is 250 g/mol. The molecule has 0 unspecified atom stereocenters. The van der Waals surface area contributed by atoms with Gasteiger partial charge in [-0.25, -0.2) is 4.98 Å². The molecule has 0 fully saturated rings. The second-order valence-electron chi connectivity index (χ2n) is 4.85. The van der Waals surface area contributed by atoms with Crippen LogP contribution < -0.4 is 4.74 Å². The van der Waals surface area contributed by atoms with Crippen LogP contribution in [-0.2, 0) is 6.42 Å². The largest absolute Gasteiger partial charge is 0.493 e. The zero-order valence-corrected chi connectivity index (χ0v) is 10.5. The van der Waals surface area contributed by atoms with Gasteiger partial charge in [0.1, 0.15) is 11.6 Å². The van der Waals surface area contributed by atoms with Gasteiger partial charge in [-0.2, -0.15) is 0 Å². The van der Waals surface area contributed by atoms with E-state index in [-0.39, 0.29) is 0 Å². The summed E-state index contributed by atoms with van der Waals surface area (Å²) in [5, 5.41) is 0. The number of ether oxygens (including phenoxy) is 1. The van der Waals surface area contributed by atoms with E-state index in [1.807, 2.05) is 24.5 Å². The molecule has 3 heterocycles. The summed E-state index contributed by atoms with van der Waals surface area (Å²) < 4.78 is 7.77. The zero-order valence-electron chi connectivity index (χ0n) is 10.5. The monoisotopic (exact) mass is 250 g/mol. The summed E-state index contributed by atoms with van der Waals surface area (Å²) in [5.74, 6) is 2.01. The van der Waals surface area contributed by atoms with E-state index in [0.717, 1.165) is 42.1 Å². The SMILES string of the molecule is c1ccn2c(-c3ccc4c(c3)CCCO4)ncc2c1. The molecule has 1 aliphatic rings. The summed E-state index contributed by atoms with van der Waals surface area (Å²) in [7, 11) is 0. The van der Waals surface area contributed by atoms with Gasteiger partial charge in [0, 0.05) is 11.8 Å². The van der Waals surface area contributed by atoms with Crippen molar-refractivity contribution in [2.45, 2.75) is 12.8 Å². The molecule has 0 spiro atoms. The highest BCUT2D eigenvalue weighted by molar-refractivity contribution is 5.64. The lowest BCUT2D eigenvalue weighted by atomic mass is 10.0. The number of aromatic nitrogens is 2. The summed E-state index contributed by atoms with van der Waals surface area (Å²) in [6.07, 6.45) is 6.14. The van der Waals surface area contributed by atoms with E-state index in [0.29, 0.717) is 0 Å². The summed E-state index contributed by atoms with van der Waals surface area (Å²) in [5.41, 5.74) is 3.55. The minimum atomic E-state index is 0.832. The third-order valence-electron chi connectivity index (χ3n) is 3.61. The Morgan fingerprint density at radius 2 is 2.16 bits per heavy atom. The van der Waals surface area contributed by atoms with Crippen LogP contribution in [-0.4, -0.2) is 16.0 Å². The topological polar surface area (TPSA) is 26.5 Å². The minimum Gasteiger partial charge on any atom is -0.493 e. The Balaban J connectivity index is 1.88. The smallest absolute Gasteiger partial charge is 0.144 e. The predicted octanol–water partition coefficient (Wildman–Crippen LogP) is 3.33. The maximum absolute atomic E-state index is 5.66. The fraction of sp³-hybridized carbons (Fsp3) is 0.188. The number of imidazole rings is 1. The molecule has 0 aliphatic carbocycles. The van der Waals surface area contributed by atoms with Gasteiger partial charge in [0.2, 0.25) is 0 Å². The lowest BCUT2D eigenvalue weighted by molar-refractivity contribution is 0.288. The van der Waals surface area contributed by atoms with E-state index in [4.69, 9.17) is 4.74 Å². The molecule has 3 aromatic rings. The van der Waals surface area contributed by atoms with Crippen molar-refractivity contribution in [3.05, 3.63) is 54.4 Å². The summed E-state index contributed by atoms with van der Waals surface area (Å²) in [6.45, 7) is 0.832. The van der Waals surface area contributed by atoms with Crippen LogP contribution in [0.15, 0.2) is 48.8 Å². The van der Waals surface area contributed by atoms with Crippen LogP contribution in [0.2, 0.25) is 0 Å². The highest BCUT2D eigenvalue weighted by Crippen LogP contribution is 2.29. The molecule has 1 aliphatic heterocycles. The van der Waals surface area contributed by atoms with Crippen molar-refractivity contribution in [3.63, 3.8) is 0 Å². The second-order valence-corrected chi connectivity index (χ2v) is 4.85. The zero-order chi connectivity index (χ0) is 12.7. The molecule has 94 valence electrons. The molecule has 4 rings (SSSR count). The molecular weight excluding hydrogens is 236 g/mol. The Morgan fingerprint density at radius 3 is 3.16 bits per heavy atom. The van der Waals surface area contributed by atoms with Crippen LogP contribution in [0.3, 0.4) is 0 Å². The molecule has 2 aromatic heterocycles. The van der Waals surface area contributed by atoms with Crippen molar-refractivity contribution in [2.75, 3.05) is 6.61 Å². The molecule has 1 aromatic carbocycles. The predicted molar refractivity (Wildman–Crippen MR) is 74.4 cm³/mol. The maximum atomic E-state index is 5.66. The number of benzene rings is 1. The van der Waals surface area contributed by atoms with Crippen molar-refractivity contribution >= 4 is 5.52 Å². The maximum Gasteiger partial charge on any atom is 0.144 e. The normalized spacial score (nSPS) is 14.1. The van der Waals surface area contributed by atoms with Crippen LogP contribution in [0, 0.1) is 0 Å². The highest BCUT2D eigenvalue weighted by Gasteiger charge is 2.13. The Kier molecular flexibility index (Phi) is 2.30. The number of rotatable bonds is 1. The van der Waals surface area contributed by atoms with Crippen molar-refractivity contribution in [3.8, 4) is 17.1 Å². The van der Waals surface area contributed by atoms with Crippen molar-refractivity contribution in [1.29, 1.82) is 0 Å². The summed E-state index contributed by atoms with van der Waals surface area (Å²) in [4.78, 5) is 4.54. The van der Waals surface area contributed by atoms with Crippen LogP contribution in [0.25, 0.3) is 16.9 Å². The fourth-order valence-corrected chi connectivity index (χ4v) is 2.66. The summed E-state index contributed by atoms with van der Waals surface area (Å²) in [6, 6.07) is 12.5. The molecule has 3 nitrogen and oxygen atoms in total. The lowest BCUT2D eigenvalue weighted by Crippen LogP contribution is -2.08. The fourth-order valence-electron chi connectivity index (χ4n) is 2.66. The van der Waals surface area contributed by atoms with Gasteiger partial charge in [-0.3, -0.25) is 4.40 Å². The van der Waals surface area contributed by atoms with E-state index in [1.165, 1.54) is 5.56 Å². The average Bonchev–Trinajstić information content (AvgIpc) is 2.91. The van der Waals surface area contributed by atoms with E-state index in [9.17, 15) is 0 Å². The van der Waals surface area contributed by atoms with Gasteiger partial charge >= 0.3 is 0 Å². The van der Waals surface area contributed by atoms with E-state index in [2.05, 4.69) is 33.7 Å². The van der Waals surface area contributed by atoms with Gasteiger partial charge in [-0.1, -0.05) is 6.07 Å². The Labute approximate surface area is 111 Å². The number of hydrogen-bond acceptors (Lipinski definition) is 2. The summed E-state index contributed by atoms with van der Waals surface area (Å²) >= 11 is 0. The van der Waals surface area contributed by atoms with E-state index in [1.54, 1.807) is 0 Å². The first kappa shape index (κ1) is 10.6. The molecule has 0 amide bonds. The second kappa shape index (κ2) is 4.12. The third-order valence-corrected chi connectivity index (χ3v) is 3.61. The highest BCUT2D eigenvalue weighted by atomic mass is 16.5. The first-order chi connectivity index (χ1) is 9.42. The minimum absolute atomic E-state index is 0.832. The van der Waals surface area contributed by atoms with Crippen LogP contribution >= 0.6 is 0 Å². The number of nitrogens with zero attached hydrogens (tertiary/aromatic N) is 2. The van der Waals surface area contributed by atoms with Crippen molar-refractivity contribution in [1.82, 2.24) is 9.38 Å². The van der Waals surface area contributed by atoms with Crippen LogP contribution in [0.4, 0.5) is 0 Å². The van der Waals surface area contributed by atoms with E-state index < -0.39 is 0 Å². The van der Waals surface area contributed by atoms with Crippen molar-refractivity contribution in [2.24, 2.45) is 0 Å². The van der Waals surface area contributed by atoms with Gasteiger partial charge < -0.3 is 4.74 Å². The Hall–Kier alpha value is -2.29. The molecule has 0 N–H and O–H groups in total. The van der Waals surface area contributed by atoms with Gasteiger partial charge in [-0.15, -0.1) is 0 Å². The van der Waals surface area contributed by atoms with Crippen LogP contribution in [0.1, 0.15) is 12.0 Å². The quantitative estimate of drug-likeness (QED) is 0.662. The Bertz CT molecular complexity index is 745. The molecule has 0 radical (unpaired) electrons.